The van der Waals surface area contributed by atoms with E-state index in [4.69, 9.17) is 9.47 Å². The van der Waals surface area contributed by atoms with Crippen LogP contribution in [0.25, 0.3) is 0 Å². The average Bonchev–Trinajstić information content (AvgIpc) is 3.57. The topological polar surface area (TPSA) is 107 Å². The molecule has 2 aliphatic rings. The molecule has 3 atom stereocenters. The Morgan fingerprint density at radius 2 is 1.94 bits per heavy atom. The molecule has 0 radical (unpaired) electrons. The number of carbonyl (C=O) groups excluding carboxylic acids is 1. The van der Waals surface area contributed by atoms with Crippen molar-refractivity contribution in [1.29, 1.82) is 0 Å². The number of benzene rings is 1. The number of likely N-dealkylation sites (tertiary alicyclic amines) is 1. The van der Waals surface area contributed by atoms with Gasteiger partial charge in [-0.1, -0.05) is 49.1 Å². The van der Waals surface area contributed by atoms with Crippen LogP contribution in [-0.4, -0.2) is 76.4 Å². The minimum absolute atomic E-state index is 0.0109. The van der Waals surface area contributed by atoms with E-state index in [-0.39, 0.29) is 23.5 Å². The lowest BCUT2D eigenvalue weighted by Gasteiger charge is -2.24. The number of ether oxygens (including phenoxy) is 2. The van der Waals surface area contributed by atoms with Gasteiger partial charge in [0.15, 0.2) is 0 Å². The fraction of sp³-hybridized carbons (Fsp3) is 0.583. The van der Waals surface area contributed by atoms with E-state index in [0.29, 0.717) is 31.1 Å². The Balaban J connectivity index is 1.44. The van der Waals surface area contributed by atoms with Gasteiger partial charge in [0.25, 0.3) is 5.91 Å². The summed E-state index contributed by atoms with van der Waals surface area (Å²) in [7, 11) is 3.25. The summed E-state index contributed by atoms with van der Waals surface area (Å²) < 4.78 is 12.9. The second kappa shape index (κ2) is 10.4. The first-order valence-electron chi connectivity index (χ1n) is 11.6. The quantitative estimate of drug-likeness (QED) is 0.618. The van der Waals surface area contributed by atoms with E-state index in [0.717, 1.165) is 12.1 Å². The highest BCUT2D eigenvalue weighted by molar-refractivity contribution is 5.89. The largest absolute Gasteiger partial charge is 0.478 e. The lowest BCUT2D eigenvalue weighted by Crippen LogP contribution is -2.40. The summed E-state index contributed by atoms with van der Waals surface area (Å²) in [4.78, 5) is 26.5. The van der Waals surface area contributed by atoms with Crippen molar-refractivity contribution in [3.05, 3.63) is 47.3 Å². The van der Waals surface area contributed by atoms with Gasteiger partial charge in [-0.2, -0.15) is 0 Å². The minimum atomic E-state index is -0.972. The molecule has 1 aliphatic heterocycles. The van der Waals surface area contributed by atoms with Crippen LogP contribution in [0.2, 0.25) is 0 Å². The number of hydrogen-bond acceptors (Lipinski definition) is 6. The maximum Gasteiger partial charge on any atom is 0.336 e. The molecule has 1 N–H and O–H groups in total. The van der Waals surface area contributed by atoms with Crippen molar-refractivity contribution in [2.24, 2.45) is 5.92 Å². The van der Waals surface area contributed by atoms with Crippen LogP contribution in [0.15, 0.2) is 30.5 Å². The summed E-state index contributed by atoms with van der Waals surface area (Å²) in [6.45, 7) is 1.28. The zero-order chi connectivity index (χ0) is 23.4. The predicted molar refractivity (Wildman–Crippen MR) is 120 cm³/mol. The third kappa shape index (κ3) is 5.25. The molecule has 9 nitrogen and oxygen atoms in total. The Kier molecular flexibility index (Phi) is 7.39. The first-order valence-corrected chi connectivity index (χ1v) is 11.6. The number of hydrogen-bond donors (Lipinski definition) is 1. The highest BCUT2D eigenvalue weighted by Gasteiger charge is 2.40. The van der Waals surface area contributed by atoms with Crippen molar-refractivity contribution in [1.82, 2.24) is 19.9 Å². The monoisotopic (exact) mass is 456 g/mol. The van der Waals surface area contributed by atoms with Gasteiger partial charge in [0.1, 0.15) is 6.10 Å². The van der Waals surface area contributed by atoms with E-state index >= 15 is 0 Å². The average molecular weight is 457 g/mol. The molecule has 0 spiro atoms. The van der Waals surface area contributed by atoms with Crippen molar-refractivity contribution in [3.8, 4) is 0 Å². The molecule has 1 unspecified atom stereocenters. The van der Waals surface area contributed by atoms with E-state index in [1.54, 1.807) is 43.2 Å². The van der Waals surface area contributed by atoms with Crippen LogP contribution in [0.4, 0.5) is 0 Å². The van der Waals surface area contributed by atoms with Crippen LogP contribution in [0.5, 0.6) is 0 Å². The van der Waals surface area contributed by atoms with Gasteiger partial charge in [-0.3, -0.25) is 4.79 Å². The fourth-order valence-corrected chi connectivity index (χ4v) is 5.13. The number of carboxylic acids is 1. The molecule has 9 heteroatoms. The molecule has 4 rings (SSSR count). The Labute approximate surface area is 193 Å². The molecule has 178 valence electrons. The molecule has 1 saturated heterocycles. The van der Waals surface area contributed by atoms with E-state index in [2.05, 4.69) is 10.3 Å². The third-order valence-electron chi connectivity index (χ3n) is 6.98. The Morgan fingerprint density at radius 1 is 1.18 bits per heavy atom. The molecule has 1 aliphatic carbocycles. The van der Waals surface area contributed by atoms with Crippen molar-refractivity contribution in [2.45, 2.75) is 56.8 Å². The van der Waals surface area contributed by atoms with Crippen molar-refractivity contribution < 1.29 is 24.2 Å². The Morgan fingerprint density at radius 3 is 2.64 bits per heavy atom. The highest BCUT2D eigenvalue weighted by Crippen LogP contribution is 2.32. The van der Waals surface area contributed by atoms with Crippen molar-refractivity contribution in [2.75, 3.05) is 27.3 Å². The standard InChI is InChI=1S/C24H32N4O5/c1-32-21(11-16-7-3-4-8-16)23(29)27-13-19(22(15-27)33-2)20-14-28(26-25-20)12-17-9-5-6-10-18(17)24(30)31/h5-6,9-10,14,16,19,21-22H,3-4,7-8,11-13,15H2,1-2H3,(H,30,31)/t19-,21?,22+/m0/s1. The van der Waals surface area contributed by atoms with Gasteiger partial charge >= 0.3 is 5.97 Å². The predicted octanol–water partition coefficient (Wildman–Crippen LogP) is 2.56. The van der Waals surface area contributed by atoms with Gasteiger partial charge in [0.05, 0.1) is 29.8 Å². The number of carbonyl (C=O) groups is 2. The van der Waals surface area contributed by atoms with Gasteiger partial charge in [-0.15, -0.1) is 5.10 Å². The summed E-state index contributed by atoms with van der Waals surface area (Å²) in [5.74, 6) is -0.507. The van der Waals surface area contributed by atoms with Crippen LogP contribution in [0.1, 0.15) is 59.6 Å². The number of nitrogens with zero attached hydrogens (tertiary/aromatic N) is 4. The summed E-state index contributed by atoms with van der Waals surface area (Å²) in [6, 6.07) is 6.86. The van der Waals surface area contributed by atoms with Crippen LogP contribution < -0.4 is 0 Å². The maximum absolute atomic E-state index is 13.2. The van der Waals surface area contributed by atoms with Gasteiger partial charge in [0.2, 0.25) is 0 Å². The van der Waals surface area contributed by atoms with Crippen LogP contribution in [0.3, 0.4) is 0 Å². The lowest BCUT2D eigenvalue weighted by molar-refractivity contribution is -0.142. The SMILES string of the molecule is COC(CC1CCCC1)C(=O)N1C[C@@H](OC)[C@H](c2cn(Cc3ccccc3C(=O)O)nn2)C1. The van der Waals surface area contributed by atoms with Crippen molar-refractivity contribution in [3.63, 3.8) is 0 Å². The second-order valence-electron chi connectivity index (χ2n) is 9.04. The maximum atomic E-state index is 13.2. The zero-order valence-electron chi connectivity index (χ0n) is 19.2. The number of amides is 1. The minimum Gasteiger partial charge on any atom is -0.478 e. The number of carboxylic acid groups (broad SMARTS) is 1. The van der Waals surface area contributed by atoms with E-state index in [1.165, 1.54) is 25.7 Å². The summed E-state index contributed by atoms with van der Waals surface area (Å²) in [5.41, 5.74) is 1.63. The normalized spacial score (nSPS) is 22.1. The molecule has 1 aromatic heterocycles. The van der Waals surface area contributed by atoms with E-state index in [9.17, 15) is 14.7 Å². The van der Waals surface area contributed by atoms with Gasteiger partial charge in [-0.25, -0.2) is 9.48 Å². The number of aromatic carboxylic acids is 1. The summed E-state index contributed by atoms with van der Waals surface area (Å²) in [5, 5.41) is 17.9. The molecular formula is C24H32N4O5. The Hall–Kier alpha value is -2.78. The first kappa shape index (κ1) is 23.4. The molecule has 2 fully saturated rings. The molecule has 2 heterocycles. The summed E-state index contributed by atoms with van der Waals surface area (Å²) in [6.07, 6.45) is 6.79. The molecule has 33 heavy (non-hydrogen) atoms. The van der Waals surface area contributed by atoms with Gasteiger partial charge in [-0.05, 0) is 24.0 Å². The Bertz CT molecular complexity index is 971. The van der Waals surface area contributed by atoms with Gasteiger partial charge in [0, 0.05) is 33.5 Å². The summed E-state index contributed by atoms with van der Waals surface area (Å²) >= 11 is 0. The third-order valence-corrected chi connectivity index (χ3v) is 6.98. The number of rotatable bonds is 9. The second-order valence-corrected chi connectivity index (χ2v) is 9.04. The van der Waals surface area contributed by atoms with E-state index < -0.39 is 12.1 Å². The first-order chi connectivity index (χ1) is 16.0. The molecule has 2 aromatic rings. The molecule has 1 saturated carbocycles. The highest BCUT2D eigenvalue weighted by atomic mass is 16.5. The van der Waals surface area contributed by atoms with E-state index in [1.807, 2.05) is 11.1 Å². The van der Waals surface area contributed by atoms with Crippen LogP contribution in [0, 0.1) is 5.92 Å². The number of aromatic nitrogens is 3. The molecule has 1 amide bonds. The van der Waals surface area contributed by atoms with Crippen molar-refractivity contribution >= 4 is 11.9 Å². The molecular weight excluding hydrogens is 424 g/mol. The van der Waals surface area contributed by atoms with Crippen LogP contribution >= 0.6 is 0 Å². The molecule has 1 aromatic carbocycles. The fourth-order valence-electron chi connectivity index (χ4n) is 5.13. The smallest absolute Gasteiger partial charge is 0.336 e. The molecule has 0 bridgehead atoms. The zero-order valence-corrected chi connectivity index (χ0v) is 19.2. The lowest BCUT2D eigenvalue weighted by atomic mass is 9.99. The van der Waals surface area contributed by atoms with Gasteiger partial charge < -0.3 is 19.5 Å². The van der Waals surface area contributed by atoms with Crippen LogP contribution in [-0.2, 0) is 20.8 Å². The number of methoxy groups -OCH3 is 2.